The van der Waals surface area contributed by atoms with E-state index in [0.29, 0.717) is 34.2 Å². The van der Waals surface area contributed by atoms with Crippen LogP contribution in [0.4, 0.5) is 0 Å². The molecule has 0 fully saturated rings. The molecule has 166 valence electrons. The molecule has 0 aliphatic heterocycles. The number of carbonyl (C=O) groups excluding carboxylic acids is 1. The van der Waals surface area contributed by atoms with Gasteiger partial charge in [-0.2, -0.15) is 5.26 Å². The number of carbonyl (C=O) groups is 1. The highest BCUT2D eigenvalue weighted by Gasteiger charge is 2.15. The Hall–Kier alpha value is -4.38. The van der Waals surface area contributed by atoms with Crippen molar-refractivity contribution < 1.29 is 9.21 Å². The number of rotatable bonds is 8. The van der Waals surface area contributed by atoms with Gasteiger partial charge in [-0.3, -0.25) is 18.7 Å². The number of furan rings is 1. The molecule has 0 radical (unpaired) electrons. The van der Waals surface area contributed by atoms with E-state index in [2.05, 4.69) is 11.4 Å². The van der Waals surface area contributed by atoms with Crippen molar-refractivity contribution in [1.29, 1.82) is 5.26 Å². The van der Waals surface area contributed by atoms with Crippen LogP contribution in [0.1, 0.15) is 29.7 Å². The van der Waals surface area contributed by atoms with Gasteiger partial charge in [-0.1, -0.05) is 30.3 Å². The summed E-state index contributed by atoms with van der Waals surface area (Å²) in [6, 6.07) is 19.6. The van der Waals surface area contributed by atoms with Gasteiger partial charge >= 0.3 is 5.69 Å². The van der Waals surface area contributed by atoms with E-state index >= 15 is 0 Å². The molecule has 33 heavy (non-hydrogen) atoms. The minimum absolute atomic E-state index is 0.108. The fourth-order valence-corrected chi connectivity index (χ4v) is 3.74. The van der Waals surface area contributed by atoms with E-state index < -0.39 is 11.2 Å². The maximum absolute atomic E-state index is 13.3. The second-order valence-electron chi connectivity index (χ2n) is 7.57. The van der Waals surface area contributed by atoms with E-state index in [1.807, 2.05) is 0 Å². The van der Waals surface area contributed by atoms with Gasteiger partial charge in [-0.05, 0) is 42.3 Å². The Morgan fingerprint density at radius 1 is 1.00 bits per heavy atom. The van der Waals surface area contributed by atoms with Gasteiger partial charge < -0.3 is 9.73 Å². The van der Waals surface area contributed by atoms with Crippen molar-refractivity contribution in [3.05, 3.63) is 105 Å². The summed E-state index contributed by atoms with van der Waals surface area (Å²) in [5.74, 6) is 0.457. The van der Waals surface area contributed by atoms with Gasteiger partial charge in [0.05, 0.1) is 41.9 Å². The van der Waals surface area contributed by atoms with Crippen LogP contribution < -0.4 is 16.6 Å². The molecule has 0 aliphatic carbocycles. The second-order valence-corrected chi connectivity index (χ2v) is 7.57. The zero-order valence-corrected chi connectivity index (χ0v) is 17.9. The molecule has 0 saturated heterocycles. The van der Waals surface area contributed by atoms with Crippen LogP contribution in [0.25, 0.3) is 10.9 Å². The predicted molar refractivity (Wildman–Crippen MR) is 123 cm³/mol. The smallest absolute Gasteiger partial charge is 0.331 e. The van der Waals surface area contributed by atoms with Gasteiger partial charge in [0.2, 0.25) is 5.91 Å². The standard InChI is InChI=1S/C25H22N4O4/c26-15-18-7-1-2-8-19(18)17-29-22-11-4-3-10-21(22)24(31)28(25(29)32)13-5-12-23(30)27-16-20-9-6-14-33-20/h1-4,6-11,14H,5,12-13,16-17H2,(H,27,30). The molecule has 0 unspecified atom stereocenters. The first-order chi connectivity index (χ1) is 16.1. The Labute approximate surface area is 189 Å². The first kappa shape index (κ1) is 21.8. The van der Waals surface area contributed by atoms with E-state index in [9.17, 15) is 19.6 Å². The average Bonchev–Trinajstić information content (AvgIpc) is 3.36. The summed E-state index contributed by atoms with van der Waals surface area (Å²) in [5.41, 5.74) is 0.806. The lowest BCUT2D eigenvalue weighted by Gasteiger charge is -2.15. The zero-order valence-electron chi connectivity index (χ0n) is 17.9. The van der Waals surface area contributed by atoms with Gasteiger partial charge in [-0.25, -0.2) is 4.79 Å². The molecule has 8 heteroatoms. The van der Waals surface area contributed by atoms with Crippen LogP contribution in [0.5, 0.6) is 0 Å². The number of hydrogen-bond donors (Lipinski definition) is 1. The normalized spacial score (nSPS) is 10.8. The molecule has 2 heterocycles. The van der Waals surface area contributed by atoms with E-state index in [1.165, 1.54) is 10.8 Å². The number of amides is 1. The SMILES string of the molecule is N#Cc1ccccc1Cn1c(=O)n(CCCC(=O)NCc2ccco2)c(=O)c2ccccc21. The van der Waals surface area contributed by atoms with E-state index in [-0.39, 0.29) is 32.0 Å². The summed E-state index contributed by atoms with van der Waals surface area (Å²) in [5, 5.41) is 12.6. The first-order valence-electron chi connectivity index (χ1n) is 10.6. The fourth-order valence-electron chi connectivity index (χ4n) is 3.74. The zero-order chi connectivity index (χ0) is 23.2. The summed E-state index contributed by atoms with van der Waals surface area (Å²) in [6.45, 7) is 0.552. The largest absolute Gasteiger partial charge is 0.467 e. The third kappa shape index (κ3) is 4.77. The molecule has 0 atom stereocenters. The van der Waals surface area contributed by atoms with Crippen molar-refractivity contribution in [2.75, 3.05) is 0 Å². The second kappa shape index (κ2) is 9.83. The lowest BCUT2D eigenvalue weighted by molar-refractivity contribution is -0.121. The molecule has 0 saturated carbocycles. The Balaban J connectivity index is 1.58. The molecule has 4 aromatic rings. The van der Waals surface area contributed by atoms with Crippen LogP contribution in [-0.2, 0) is 24.4 Å². The van der Waals surface area contributed by atoms with Crippen molar-refractivity contribution >= 4 is 16.8 Å². The number of nitriles is 1. The van der Waals surface area contributed by atoms with Crippen molar-refractivity contribution in [3.63, 3.8) is 0 Å². The molecule has 0 spiro atoms. The highest BCUT2D eigenvalue weighted by molar-refractivity contribution is 5.78. The number of nitrogens with one attached hydrogen (secondary N) is 1. The molecule has 0 bridgehead atoms. The molecule has 2 aromatic heterocycles. The fraction of sp³-hybridized carbons (Fsp3) is 0.200. The molecule has 2 aromatic carbocycles. The van der Waals surface area contributed by atoms with Gasteiger partial charge in [0.15, 0.2) is 0 Å². The third-order valence-corrected chi connectivity index (χ3v) is 5.42. The highest BCUT2D eigenvalue weighted by atomic mass is 16.3. The molecule has 8 nitrogen and oxygen atoms in total. The number of para-hydroxylation sites is 1. The summed E-state index contributed by atoms with van der Waals surface area (Å²) in [7, 11) is 0. The lowest BCUT2D eigenvalue weighted by Crippen LogP contribution is -2.40. The summed E-state index contributed by atoms with van der Waals surface area (Å²) in [4.78, 5) is 38.4. The van der Waals surface area contributed by atoms with Gasteiger partial charge in [-0.15, -0.1) is 0 Å². The Morgan fingerprint density at radius 2 is 1.79 bits per heavy atom. The maximum atomic E-state index is 13.3. The maximum Gasteiger partial charge on any atom is 0.331 e. The number of hydrogen-bond acceptors (Lipinski definition) is 5. The monoisotopic (exact) mass is 442 g/mol. The number of aromatic nitrogens is 2. The van der Waals surface area contributed by atoms with Crippen LogP contribution >= 0.6 is 0 Å². The third-order valence-electron chi connectivity index (χ3n) is 5.42. The molecule has 1 N–H and O–H groups in total. The Bertz CT molecular complexity index is 1440. The number of fused-ring (bicyclic) bond motifs is 1. The summed E-state index contributed by atoms with van der Waals surface area (Å²) in [6.07, 6.45) is 2.02. The summed E-state index contributed by atoms with van der Waals surface area (Å²) >= 11 is 0. The van der Waals surface area contributed by atoms with Crippen LogP contribution in [0.15, 0.2) is 80.9 Å². The molecular weight excluding hydrogens is 420 g/mol. The topological polar surface area (TPSA) is 110 Å². The van der Waals surface area contributed by atoms with Crippen LogP contribution in [0.2, 0.25) is 0 Å². The van der Waals surface area contributed by atoms with Gasteiger partial charge in [0.1, 0.15) is 5.76 Å². The van der Waals surface area contributed by atoms with Crippen molar-refractivity contribution in [3.8, 4) is 6.07 Å². The molecule has 0 aliphatic rings. The van der Waals surface area contributed by atoms with Crippen LogP contribution in [-0.4, -0.2) is 15.0 Å². The van der Waals surface area contributed by atoms with Gasteiger partial charge in [0.25, 0.3) is 5.56 Å². The first-order valence-corrected chi connectivity index (χ1v) is 10.6. The molecule has 1 amide bonds. The van der Waals surface area contributed by atoms with E-state index in [1.54, 1.807) is 60.7 Å². The van der Waals surface area contributed by atoms with E-state index in [0.717, 1.165) is 4.57 Å². The predicted octanol–water partition coefficient (Wildman–Crippen LogP) is 2.77. The molecular formula is C25H22N4O4. The van der Waals surface area contributed by atoms with Crippen LogP contribution in [0.3, 0.4) is 0 Å². The number of nitrogens with zero attached hydrogens (tertiary/aromatic N) is 3. The minimum atomic E-state index is -0.470. The average molecular weight is 442 g/mol. The quantitative estimate of drug-likeness (QED) is 0.451. The Kier molecular flexibility index (Phi) is 6.51. The lowest BCUT2D eigenvalue weighted by atomic mass is 10.1. The molecule has 4 rings (SSSR count). The van der Waals surface area contributed by atoms with E-state index in [4.69, 9.17) is 4.42 Å². The van der Waals surface area contributed by atoms with Gasteiger partial charge in [0, 0.05) is 13.0 Å². The minimum Gasteiger partial charge on any atom is -0.467 e. The van der Waals surface area contributed by atoms with Crippen molar-refractivity contribution in [2.45, 2.75) is 32.5 Å². The number of benzene rings is 2. The highest BCUT2D eigenvalue weighted by Crippen LogP contribution is 2.13. The van der Waals surface area contributed by atoms with Crippen molar-refractivity contribution in [2.24, 2.45) is 0 Å². The Morgan fingerprint density at radius 3 is 2.58 bits per heavy atom. The van der Waals surface area contributed by atoms with Crippen molar-refractivity contribution in [1.82, 2.24) is 14.5 Å². The summed E-state index contributed by atoms with van der Waals surface area (Å²) < 4.78 is 7.85. The van der Waals surface area contributed by atoms with Crippen LogP contribution in [0, 0.1) is 11.3 Å².